The van der Waals surface area contributed by atoms with Crippen molar-refractivity contribution in [2.75, 3.05) is 0 Å². The first kappa shape index (κ1) is 20.0. The van der Waals surface area contributed by atoms with E-state index in [9.17, 15) is 4.39 Å². The van der Waals surface area contributed by atoms with Gasteiger partial charge in [-0.25, -0.2) is 4.39 Å². The van der Waals surface area contributed by atoms with Gasteiger partial charge in [0.1, 0.15) is 5.82 Å². The molecular formula is C26H23FP2. The zero-order valence-electron chi connectivity index (χ0n) is 16.1. The van der Waals surface area contributed by atoms with Crippen LogP contribution in [0.2, 0.25) is 0 Å². The fourth-order valence-corrected chi connectivity index (χ4v) is 8.83. The molecule has 2 atom stereocenters. The largest absolute Gasteiger partial charge is 0.207 e. The highest BCUT2D eigenvalue weighted by Gasteiger charge is 2.26. The van der Waals surface area contributed by atoms with Crippen LogP contribution in [0.3, 0.4) is 0 Å². The Hall–Kier alpha value is -2.33. The van der Waals surface area contributed by atoms with Gasteiger partial charge in [-0.15, -0.1) is 0 Å². The standard InChI is InChI=1S/C26H23FP2/c27-25-19-11-10-12-21(25)20-26(28-22-13-4-1-5-14-22)29(23-15-6-2-7-16-23)24-17-8-3-9-18-24/h1-19,26,28H,20H2. The van der Waals surface area contributed by atoms with Crippen molar-refractivity contribution in [3.05, 3.63) is 127 Å². The Morgan fingerprint density at radius 1 is 0.621 bits per heavy atom. The summed E-state index contributed by atoms with van der Waals surface area (Å²) >= 11 is 0. The van der Waals surface area contributed by atoms with Gasteiger partial charge >= 0.3 is 0 Å². The van der Waals surface area contributed by atoms with Gasteiger partial charge in [0.05, 0.1) is 0 Å². The van der Waals surface area contributed by atoms with Gasteiger partial charge in [-0.1, -0.05) is 118 Å². The Bertz CT molecular complexity index is 981. The molecule has 0 heterocycles. The molecule has 4 aromatic rings. The monoisotopic (exact) mass is 416 g/mol. The highest BCUT2D eigenvalue weighted by Crippen LogP contribution is 2.49. The molecule has 0 aliphatic heterocycles. The van der Waals surface area contributed by atoms with E-state index in [0.29, 0.717) is 14.0 Å². The first-order chi connectivity index (χ1) is 14.3. The summed E-state index contributed by atoms with van der Waals surface area (Å²) in [6, 6.07) is 39.3. The first-order valence-corrected chi connectivity index (χ1v) is 12.2. The highest BCUT2D eigenvalue weighted by atomic mass is 31.2. The van der Waals surface area contributed by atoms with E-state index in [2.05, 4.69) is 91.0 Å². The smallest absolute Gasteiger partial charge is 0.126 e. The zero-order chi connectivity index (χ0) is 19.9. The normalized spacial score (nSPS) is 12.5. The van der Waals surface area contributed by atoms with E-state index >= 15 is 0 Å². The molecule has 0 nitrogen and oxygen atoms in total. The van der Waals surface area contributed by atoms with Crippen molar-refractivity contribution < 1.29 is 4.39 Å². The van der Waals surface area contributed by atoms with E-state index < -0.39 is 7.92 Å². The van der Waals surface area contributed by atoms with Crippen LogP contribution in [0.1, 0.15) is 5.56 Å². The molecule has 3 heteroatoms. The predicted octanol–water partition coefficient (Wildman–Crippen LogP) is 5.83. The molecule has 2 unspecified atom stereocenters. The number of benzene rings is 4. The third kappa shape index (κ3) is 5.18. The fourth-order valence-electron chi connectivity index (χ4n) is 3.49. The lowest BCUT2D eigenvalue weighted by molar-refractivity contribution is 0.611. The van der Waals surface area contributed by atoms with Crippen molar-refractivity contribution in [2.24, 2.45) is 0 Å². The predicted molar refractivity (Wildman–Crippen MR) is 127 cm³/mol. The molecule has 0 spiro atoms. The molecule has 0 radical (unpaired) electrons. The topological polar surface area (TPSA) is 0 Å². The Kier molecular flexibility index (Phi) is 6.83. The summed E-state index contributed by atoms with van der Waals surface area (Å²) in [4.78, 5) is 0. The van der Waals surface area contributed by atoms with Crippen LogP contribution < -0.4 is 15.9 Å². The van der Waals surface area contributed by atoms with Crippen LogP contribution in [0.4, 0.5) is 4.39 Å². The van der Waals surface area contributed by atoms with Crippen molar-refractivity contribution in [2.45, 2.75) is 11.8 Å². The molecule has 0 aliphatic rings. The molecule has 29 heavy (non-hydrogen) atoms. The minimum absolute atomic E-state index is 0.105. The molecular weight excluding hydrogens is 393 g/mol. The molecule has 0 saturated carbocycles. The maximum absolute atomic E-state index is 14.6. The van der Waals surface area contributed by atoms with Crippen LogP contribution >= 0.6 is 16.5 Å². The van der Waals surface area contributed by atoms with Crippen LogP contribution in [-0.4, -0.2) is 5.40 Å². The number of hydrogen-bond donors (Lipinski definition) is 0. The summed E-state index contributed by atoms with van der Waals surface area (Å²) in [6.45, 7) is 0. The quantitative estimate of drug-likeness (QED) is 0.333. The number of hydrogen-bond acceptors (Lipinski definition) is 0. The molecule has 0 aromatic heterocycles. The van der Waals surface area contributed by atoms with E-state index in [1.165, 1.54) is 15.9 Å². The fraction of sp³-hybridized carbons (Fsp3) is 0.0769. The SMILES string of the molecule is Fc1ccccc1CC(Pc1ccccc1)P(c1ccccc1)c1ccccc1. The molecule has 0 fully saturated rings. The van der Waals surface area contributed by atoms with Gasteiger partial charge in [-0.2, -0.15) is 0 Å². The Morgan fingerprint density at radius 2 is 1.10 bits per heavy atom. The summed E-state index contributed by atoms with van der Waals surface area (Å²) in [5, 5.41) is 4.35. The molecule has 0 saturated heterocycles. The van der Waals surface area contributed by atoms with Gasteiger partial charge in [0, 0.05) is 5.40 Å². The van der Waals surface area contributed by atoms with Crippen LogP contribution in [0.25, 0.3) is 0 Å². The van der Waals surface area contributed by atoms with Crippen molar-refractivity contribution >= 4 is 32.4 Å². The molecule has 0 amide bonds. The van der Waals surface area contributed by atoms with E-state index in [1.54, 1.807) is 12.1 Å². The van der Waals surface area contributed by atoms with Crippen LogP contribution in [0.15, 0.2) is 115 Å². The van der Waals surface area contributed by atoms with Gasteiger partial charge in [0.15, 0.2) is 0 Å². The third-order valence-electron chi connectivity index (χ3n) is 4.86. The van der Waals surface area contributed by atoms with Crippen LogP contribution in [-0.2, 0) is 6.42 Å². The van der Waals surface area contributed by atoms with Crippen LogP contribution in [0.5, 0.6) is 0 Å². The number of rotatable bonds is 7. The summed E-state index contributed by atoms with van der Waals surface area (Å²) in [6.07, 6.45) is 0.732. The molecule has 4 aromatic carbocycles. The molecule has 144 valence electrons. The molecule has 0 N–H and O–H groups in total. The Labute approximate surface area is 175 Å². The maximum Gasteiger partial charge on any atom is 0.126 e. The van der Waals surface area contributed by atoms with Gasteiger partial charge in [0.25, 0.3) is 0 Å². The summed E-state index contributed by atoms with van der Waals surface area (Å²) in [5.74, 6) is -0.105. The second kappa shape index (κ2) is 9.93. The van der Waals surface area contributed by atoms with Crippen molar-refractivity contribution in [3.63, 3.8) is 0 Å². The van der Waals surface area contributed by atoms with Gasteiger partial charge < -0.3 is 0 Å². The molecule has 0 aliphatic carbocycles. The zero-order valence-corrected chi connectivity index (χ0v) is 18.0. The lowest BCUT2D eigenvalue weighted by Gasteiger charge is -2.29. The first-order valence-electron chi connectivity index (χ1n) is 9.75. The summed E-state index contributed by atoms with van der Waals surface area (Å²) in [5.41, 5.74) is 0.806. The number of halogens is 1. The van der Waals surface area contributed by atoms with E-state index in [4.69, 9.17) is 0 Å². The molecule has 0 bridgehead atoms. The maximum atomic E-state index is 14.6. The average Bonchev–Trinajstić information content (AvgIpc) is 2.78. The minimum atomic E-state index is -0.628. The van der Waals surface area contributed by atoms with Crippen molar-refractivity contribution in [3.8, 4) is 0 Å². The van der Waals surface area contributed by atoms with Gasteiger partial charge in [-0.3, -0.25) is 0 Å². The second-order valence-corrected chi connectivity index (χ2v) is 11.3. The van der Waals surface area contributed by atoms with Crippen molar-refractivity contribution in [1.29, 1.82) is 0 Å². The lowest BCUT2D eigenvalue weighted by Crippen LogP contribution is -2.22. The van der Waals surface area contributed by atoms with E-state index in [0.717, 1.165) is 12.0 Å². The average molecular weight is 416 g/mol. The van der Waals surface area contributed by atoms with Gasteiger partial charge in [0.2, 0.25) is 0 Å². The summed E-state index contributed by atoms with van der Waals surface area (Å²) in [7, 11) is -0.0174. The Balaban J connectivity index is 1.78. The van der Waals surface area contributed by atoms with Crippen molar-refractivity contribution in [1.82, 2.24) is 0 Å². The minimum Gasteiger partial charge on any atom is -0.207 e. The highest BCUT2D eigenvalue weighted by molar-refractivity contribution is 7.81. The third-order valence-corrected chi connectivity index (χ3v) is 9.74. The summed E-state index contributed by atoms with van der Waals surface area (Å²) < 4.78 is 14.6. The second-order valence-electron chi connectivity index (χ2n) is 6.86. The lowest BCUT2D eigenvalue weighted by atomic mass is 10.1. The van der Waals surface area contributed by atoms with Gasteiger partial charge in [-0.05, 0) is 41.9 Å². The Morgan fingerprint density at radius 3 is 1.66 bits per heavy atom. The van der Waals surface area contributed by atoms with E-state index in [-0.39, 0.29) is 5.82 Å². The van der Waals surface area contributed by atoms with E-state index in [1.807, 2.05) is 12.1 Å². The molecule has 4 rings (SSSR count). The van der Waals surface area contributed by atoms with Crippen LogP contribution in [0, 0.1) is 5.82 Å².